The Labute approximate surface area is 148 Å². The van der Waals surface area contributed by atoms with Crippen LogP contribution in [0.15, 0.2) is 27.8 Å². The number of rotatable bonds is 3. The number of nitrogens with one attached hydrogen (secondary N) is 1. The molecule has 0 radical (unpaired) electrons. The molecule has 112 valence electrons. The maximum absolute atomic E-state index is 12.4. The molecule has 0 spiro atoms. The van der Waals surface area contributed by atoms with E-state index in [4.69, 9.17) is 46.4 Å². The molecule has 0 bridgehead atoms. The second-order valence-corrected chi connectivity index (χ2v) is 7.70. The molecule has 0 atom stereocenters. The Morgan fingerprint density at radius 1 is 1.00 bits per heavy atom. The zero-order valence-corrected chi connectivity index (χ0v) is 15.2. The van der Waals surface area contributed by atoms with Crippen LogP contribution in [-0.2, 0) is 10.0 Å². The van der Waals surface area contributed by atoms with Gasteiger partial charge in [0.1, 0.15) is 16.9 Å². The number of nitrogens with zero attached hydrogens (tertiary/aromatic N) is 2. The Bertz CT molecular complexity index is 773. The van der Waals surface area contributed by atoms with E-state index in [1.807, 2.05) is 0 Å². The minimum Gasteiger partial charge on any atom is -0.273 e. The minimum absolute atomic E-state index is 0.0639. The Morgan fingerprint density at radius 3 is 1.95 bits per heavy atom. The monoisotopic (exact) mass is 449 g/mol. The maximum Gasteiger partial charge on any atom is 0.265 e. The van der Waals surface area contributed by atoms with Gasteiger partial charge in [0.15, 0.2) is 10.3 Å². The first-order valence-corrected chi connectivity index (χ1v) is 8.84. The summed E-state index contributed by atoms with van der Waals surface area (Å²) in [5.41, 5.74) is -0.157. The molecule has 0 aliphatic carbocycles. The zero-order valence-electron chi connectivity index (χ0n) is 9.74. The topological polar surface area (TPSA) is 72.0 Å². The molecular weight excluding hydrogens is 448 g/mol. The van der Waals surface area contributed by atoms with Gasteiger partial charge in [-0.25, -0.2) is 18.4 Å². The van der Waals surface area contributed by atoms with Crippen molar-refractivity contribution < 1.29 is 8.42 Å². The van der Waals surface area contributed by atoms with Gasteiger partial charge in [-0.15, -0.1) is 0 Å². The van der Waals surface area contributed by atoms with Crippen molar-refractivity contribution in [1.29, 1.82) is 0 Å². The van der Waals surface area contributed by atoms with E-state index in [0.29, 0.717) is 4.47 Å². The van der Waals surface area contributed by atoms with Crippen LogP contribution in [-0.4, -0.2) is 18.4 Å². The highest BCUT2D eigenvalue weighted by molar-refractivity contribution is 9.10. The third-order valence-corrected chi connectivity index (χ3v) is 5.52. The summed E-state index contributed by atoms with van der Waals surface area (Å²) < 4.78 is 27.5. The van der Waals surface area contributed by atoms with Gasteiger partial charge in [0.05, 0.1) is 10.0 Å². The van der Waals surface area contributed by atoms with Crippen LogP contribution in [0.5, 0.6) is 0 Å². The number of hydrogen-bond acceptors (Lipinski definition) is 4. The van der Waals surface area contributed by atoms with Gasteiger partial charge in [0, 0.05) is 4.47 Å². The molecule has 0 fully saturated rings. The molecular formula is C10H4BrCl4N3O2S. The van der Waals surface area contributed by atoms with E-state index in [2.05, 4.69) is 30.6 Å². The van der Waals surface area contributed by atoms with Crippen LogP contribution in [0.1, 0.15) is 0 Å². The Balaban J connectivity index is 2.54. The summed E-state index contributed by atoms with van der Waals surface area (Å²) in [6, 6.07) is 2.79. The Morgan fingerprint density at radius 2 is 1.48 bits per heavy atom. The summed E-state index contributed by atoms with van der Waals surface area (Å²) in [4.78, 5) is 6.99. The molecule has 0 aliphatic rings. The third-order valence-electron chi connectivity index (χ3n) is 2.22. The molecule has 1 N–H and O–H groups in total. The summed E-state index contributed by atoms with van der Waals surface area (Å²) in [6.07, 6.45) is 1.10. The lowest BCUT2D eigenvalue weighted by Crippen LogP contribution is -2.15. The largest absolute Gasteiger partial charge is 0.273 e. The second-order valence-electron chi connectivity index (χ2n) is 3.63. The standard InChI is InChI=1S/C10H4BrCl4N3O2S/c11-4-1-5(12)8(6(13)2-4)21(19,20)18-7-9(14)16-3-17-10(7)15/h1-3,18H. The van der Waals surface area contributed by atoms with Gasteiger partial charge < -0.3 is 0 Å². The van der Waals surface area contributed by atoms with E-state index < -0.39 is 10.0 Å². The highest BCUT2D eigenvalue weighted by Crippen LogP contribution is 2.35. The van der Waals surface area contributed by atoms with E-state index in [1.165, 1.54) is 12.1 Å². The SMILES string of the molecule is O=S(=O)(Nc1c(Cl)ncnc1Cl)c1c(Cl)cc(Br)cc1Cl. The number of halogens is 5. The molecule has 0 aliphatic heterocycles. The van der Waals surface area contributed by atoms with E-state index in [0.717, 1.165) is 6.33 Å². The first-order chi connectivity index (χ1) is 9.72. The molecule has 0 unspecified atom stereocenters. The number of anilines is 1. The molecule has 2 rings (SSSR count). The number of benzene rings is 1. The highest BCUT2D eigenvalue weighted by atomic mass is 79.9. The van der Waals surface area contributed by atoms with Gasteiger partial charge in [-0.1, -0.05) is 62.3 Å². The second kappa shape index (κ2) is 6.44. The van der Waals surface area contributed by atoms with Gasteiger partial charge in [0.2, 0.25) is 0 Å². The lowest BCUT2D eigenvalue weighted by Gasteiger charge is -2.12. The van der Waals surface area contributed by atoms with Crippen molar-refractivity contribution in [3.8, 4) is 0 Å². The molecule has 1 heterocycles. The summed E-state index contributed by atoms with van der Waals surface area (Å²) >= 11 is 26.6. The van der Waals surface area contributed by atoms with Crippen LogP contribution < -0.4 is 4.72 Å². The van der Waals surface area contributed by atoms with Crippen LogP contribution in [0.2, 0.25) is 20.4 Å². The predicted octanol–water partition coefficient (Wildman–Crippen LogP) is 4.65. The number of sulfonamides is 1. The molecule has 5 nitrogen and oxygen atoms in total. The van der Waals surface area contributed by atoms with Gasteiger partial charge in [-0.2, -0.15) is 0 Å². The van der Waals surface area contributed by atoms with Crippen molar-refractivity contribution in [3.05, 3.63) is 43.3 Å². The summed E-state index contributed by atoms with van der Waals surface area (Å²) in [5, 5.41) is -0.428. The van der Waals surface area contributed by atoms with Gasteiger partial charge in [0.25, 0.3) is 10.0 Å². The summed E-state index contributed by atoms with van der Waals surface area (Å²) in [7, 11) is -4.12. The predicted molar refractivity (Wildman–Crippen MR) is 87.0 cm³/mol. The average Bonchev–Trinajstić information content (AvgIpc) is 2.32. The van der Waals surface area contributed by atoms with Gasteiger partial charge in [-0.05, 0) is 12.1 Å². The van der Waals surface area contributed by atoms with Crippen LogP contribution in [0.3, 0.4) is 0 Å². The average molecular weight is 452 g/mol. The van der Waals surface area contributed by atoms with Crippen LogP contribution >= 0.6 is 62.3 Å². The van der Waals surface area contributed by atoms with Crippen LogP contribution in [0.25, 0.3) is 0 Å². The normalized spacial score (nSPS) is 11.5. The smallest absolute Gasteiger partial charge is 0.265 e. The van der Waals surface area contributed by atoms with Crippen LogP contribution in [0.4, 0.5) is 5.69 Å². The first-order valence-electron chi connectivity index (χ1n) is 5.05. The Hall–Kier alpha value is -0.310. The fraction of sp³-hybridized carbons (Fsp3) is 0. The molecule has 1 aromatic carbocycles. The Kier molecular flexibility index (Phi) is 5.23. The molecule has 2 aromatic rings. The van der Waals surface area contributed by atoms with E-state index >= 15 is 0 Å². The van der Waals surface area contributed by atoms with Crippen LogP contribution in [0, 0.1) is 0 Å². The lowest BCUT2D eigenvalue weighted by atomic mass is 10.4. The molecule has 0 saturated carbocycles. The highest BCUT2D eigenvalue weighted by Gasteiger charge is 2.25. The summed E-state index contributed by atoms with van der Waals surface area (Å²) in [5.74, 6) is 0. The molecule has 21 heavy (non-hydrogen) atoms. The van der Waals surface area contributed by atoms with Crippen molar-refractivity contribution in [3.63, 3.8) is 0 Å². The third kappa shape index (κ3) is 3.72. The molecule has 11 heteroatoms. The van der Waals surface area contributed by atoms with E-state index in [1.54, 1.807) is 0 Å². The first kappa shape index (κ1) is 17.1. The molecule has 0 saturated heterocycles. The van der Waals surface area contributed by atoms with Crippen molar-refractivity contribution in [2.75, 3.05) is 4.72 Å². The van der Waals surface area contributed by atoms with Crippen molar-refractivity contribution in [1.82, 2.24) is 9.97 Å². The van der Waals surface area contributed by atoms with E-state index in [9.17, 15) is 8.42 Å². The van der Waals surface area contributed by atoms with E-state index in [-0.39, 0.29) is 30.9 Å². The fourth-order valence-electron chi connectivity index (χ4n) is 1.40. The summed E-state index contributed by atoms with van der Waals surface area (Å²) in [6.45, 7) is 0. The van der Waals surface area contributed by atoms with Crippen molar-refractivity contribution >= 4 is 78.0 Å². The fourth-order valence-corrected chi connectivity index (χ4v) is 4.93. The minimum atomic E-state index is -4.12. The quantitative estimate of drug-likeness (QED) is 0.689. The van der Waals surface area contributed by atoms with Gasteiger partial charge in [-0.3, -0.25) is 4.72 Å². The maximum atomic E-state index is 12.4. The number of hydrogen-bond donors (Lipinski definition) is 1. The molecule has 1 aromatic heterocycles. The molecule has 0 amide bonds. The van der Waals surface area contributed by atoms with Crippen molar-refractivity contribution in [2.24, 2.45) is 0 Å². The lowest BCUT2D eigenvalue weighted by molar-refractivity contribution is 0.601. The zero-order chi connectivity index (χ0) is 15.8. The van der Waals surface area contributed by atoms with Crippen molar-refractivity contribution in [2.45, 2.75) is 4.90 Å². The van der Waals surface area contributed by atoms with Gasteiger partial charge >= 0.3 is 0 Å². The number of aromatic nitrogens is 2.